The molecule has 0 spiro atoms. The van der Waals surface area contributed by atoms with Gasteiger partial charge in [0, 0.05) is 23.6 Å². The maximum absolute atomic E-state index is 13.1. The lowest BCUT2D eigenvalue weighted by Gasteiger charge is -2.28. The van der Waals surface area contributed by atoms with Crippen LogP contribution in [0.2, 0.25) is 0 Å². The van der Waals surface area contributed by atoms with Crippen LogP contribution in [-0.4, -0.2) is 31.6 Å². The second-order valence-corrected chi connectivity index (χ2v) is 6.00. The predicted octanol–water partition coefficient (Wildman–Crippen LogP) is 3.26. The summed E-state index contributed by atoms with van der Waals surface area (Å²) in [6.07, 6.45) is 0. The van der Waals surface area contributed by atoms with Crippen molar-refractivity contribution in [3.8, 4) is 0 Å². The van der Waals surface area contributed by atoms with Crippen LogP contribution >= 0.6 is 15.9 Å². The number of nitrogens with one attached hydrogen (secondary N) is 1. The number of benzene rings is 1. The van der Waals surface area contributed by atoms with Crippen molar-refractivity contribution in [1.82, 2.24) is 10.2 Å². The lowest BCUT2D eigenvalue weighted by atomic mass is 10.0. The lowest BCUT2D eigenvalue weighted by Crippen LogP contribution is -2.41. The van der Waals surface area contributed by atoms with Crippen molar-refractivity contribution >= 4 is 15.9 Å². The van der Waals surface area contributed by atoms with Gasteiger partial charge in [-0.1, -0.05) is 29.8 Å². The van der Waals surface area contributed by atoms with Gasteiger partial charge < -0.3 is 10.2 Å². The van der Waals surface area contributed by atoms with Crippen LogP contribution in [0, 0.1) is 11.7 Å². The van der Waals surface area contributed by atoms with Crippen molar-refractivity contribution in [2.75, 3.05) is 20.6 Å². The van der Waals surface area contributed by atoms with Crippen LogP contribution in [0.3, 0.4) is 0 Å². The summed E-state index contributed by atoms with van der Waals surface area (Å²) in [4.78, 5) is 2.22. The largest absolute Gasteiger partial charge is 0.311 e. The second kappa shape index (κ2) is 7.22. The van der Waals surface area contributed by atoms with Gasteiger partial charge in [0.25, 0.3) is 0 Å². The Labute approximate surface area is 118 Å². The van der Waals surface area contributed by atoms with Gasteiger partial charge in [-0.05, 0) is 43.8 Å². The monoisotopic (exact) mass is 316 g/mol. The molecule has 0 bridgehead atoms. The number of nitrogens with zero attached hydrogens (tertiary/aromatic N) is 1. The summed E-state index contributed by atoms with van der Waals surface area (Å²) < 4.78 is 14.1. The maximum Gasteiger partial charge on any atom is 0.123 e. The molecule has 1 unspecified atom stereocenters. The van der Waals surface area contributed by atoms with E-state index in [4.69, 9.17) is 0 Å². The molecule has 1 N–H and O–H groups in total. The van der Waals surface area contributed by atoms with Gasteiger partial charge in [0.15, 0.2) is 0 Å². The van der Waals surface area contributed by atoms with Gasteiger partial charge in [-0.25, -0.2) is 4.39 Å². The van der Waals surface area contributed by atoms with Crippen molar-refractivity contribution in [2.24, 2.45) is 5.92 Å². The molecular weight excluding hydrogens is 295 g/mol. The quantitative estimate of drug-likeness (QED) is 0.866. The molecule has 4 heteroatoms. The number of halogens is 2. The smallest absolute Gasteiger partial charge is 0.123 e. The van der Waals surface area contributed by atoms with E-state index in [9.17, 15) is 4.39 Å². The first-order chi connectivity index (χ1) is 8.41. The molecule has 0 fully saturated rings. The summed E-state index contributed by atoms with van der Waals surface area (Å²) in [5.74, 6) is 0.395. The van der Waals surface area contributed by atoms with Gasteiger partial charge in [-0.15, -0.1) is 0 Å². The molecule has 1 atom stereocenters. The number of likely N-dealkylation sites (N-methyl/N-ethyl adjacent to an activating group) is 1. The van der Waals surface area contributed by atoms with E-state index < -0.39 is 0 Å². The van der Waals surface area contributed by atoms with E-state index >= 15 is 0 Å². The highest BCUT2D eigenvalue weighted by Crippen LogP contribution is 2.17. The van der Waals surface area contributed by atoms with Crippen LogP contribution in [0.15, 0.2) is 22.7 Å². The summed E-state index contributed by atoms with van der Waals surface area (Å²) in [5.41, 5.74) is 0.955. The minimum Gasteiger partial charge on any atom is -0.311 e. The summed E-state index contributed by atoms with van der Waals surface area (Å²) in [7, 11) is 4.18. The highest BCUT2D eigenvalue weighted by atomic mass is 79.9. The van der Waals surface area contributed by atoms with Gasteiger partial charge in [0.1, 0.15) is 5.82 Å². The van der Waals surface area contributed by atoms with Crippen molar-refractivity contribution in [3.05, 3.63) is 34.1 Å². The molecule has 0 heterocycles. The Hall–Kier alpha value is -0.450. The van der Waals surface area contributed by atoms with Crippen LogP contribution in [0.25, 0.3) is 0 Å². The Kier molecular flexibility index (Phi) is 6.26. The Morgan fingerprint density at radius 1 is 1.33 bits per heavy atom. The fraction of sp³-hybridized carbons (Fsp3) is 0.571. The first-order valence-corrected chi connectivity index (χ1v) is 7.02. The summed E-state index contributed by atoms with van der Waals surface area (Å²) in [5, 5.41) is 3.39. The Morgan fingerprint density at radius 3 is 2.56 bits per heavy atom. The minimum atomic E-state index is -0.192. The molecule has 0 aromatic heterocycles. The van der Waals surface area contributed by atoms with Gasteiger partial charge >= 0.3 is 0 Å². The van der Waals surface area contributed by atoms with Crippen molar-refractivity contribution in [1.29, 1.82) is 0 Å². The third-order valence-corrected chi connectivity index (χ3v) is 3.88. The van der Waals surface area contributed by atoms with E-state index in [2.05, 4.69) is 54.1 Å². The molecule has 0 aliphatic heterocycles. The van der Waals surface area contributed by atoms with E-state index in [1.165, 1.54) is 6.07 Å². The van der Waals surface area contributed by atoms with E-state index in [1.54, 1.807) is 12.1 Å². The second-order valence-electron chi connectivity index (χ2n) is 5.14. The third kappa shape index (κ3) is 4.67. The molecular formula is C14H22BrFN2. The predicted molar refractivity (Wildman–Crippen MR) is 78.1 cm³/mol. The minimum absolute atomic E-state index is 0.192. The standard InChI is InChI=1S/C14H22BrFN2/c1-10(2)14(18(3)4)9-17-8-11-7-12(16)5-6-13(11)15/h5-7,10,14,17H,8-9H2,1-4H3. The highest BCUT2D eigenvalue weighted by Gasteiger charge is 2.15. The molecule has 0 saturated heterocycles. The van der Waals surface area contributed by atoms with Crippen molar-refractivity contribution in [2.45, 2.75) is 26.4 Å². The normalized spacial score (nSPS) is 13.3. The first-order valence-electron chi connectivity index (χ1n) is 6.23. The van der Waals surface area contributed by atoms with Crippen LogP contribution in [0.4, 0.5) is 4.39 Å². The van der Waals surface area contributed by atoms with E-state index in [-0.39, 0.29) is 5.82 Å². The molecule has 18 heavy (non-hydrogen) atoms. The van der Waals surface area contributed by atoms with Crippen molar-refractivity contribution < 1.29 is 4.39 Å². The van der Waals surface area contributed by atoms with E-state index in [1.807, 2.05) is 0 Å². The zero-order chi connectivity index (χ0) is 13.7. The Bertz CT molecular complexity index is 372. The fourth-order valence-corrected chi connectivity index (χ4v) is 2.43. The molecule has 0 saturated carbocycles. The zero-order valence-electron chi connectivity index (χ0n) is 11.5. The zero-order valence-corrected chi connectivity index (χ0v) is 13.1. The topological polar surface area (TPSA) is 15.3 Å². The summed E-state index contributed by atoms with van der Waals surface area (Å²) in [6.45, 7) is 6.00. The van der Waals surface area contributed by atoms with Crippen molar-refractivity contribution in [3.63, 3.8) is 0 Å². The first kappa shape index (κ1) is 15.6. The molecule has 2 nitrogen and oxygen atoms in total. The molecule has 1 aromatic rings. The Balaban J connectivity index is 2.52. The average molecular weight is 317 g/mol. The third-order valence-electron chi connectivity index (χ3n) is 3.11. The molecule has 1 aromatic carbocycles. The average Bonchev–Trinajstić information content (AvgIpc) is 2.27. The highest BCUT2D eigenvalue weighted by molar-refractivity contribution is 9.10. The summed E-state index contributed by atoms with van der Waals surface area (Å²) >= 11 is 3.44. The van der Waals surface area contributed by atoms with Crippen LogP contribution in [0.5, 0.6) is 0 Å². The molecule has 0 aliphatic carbocycles. The van der Waals surface area contributed by atoms with Gasteiger partial charge in [0.2, 0.25) is 0 Å². The number of hydrogen-bond acceptors (Lipinski definition) is 2. The Morgan fingerprint density at radius 2 is 2.00 bits per heavy atom. The molecule has 102 valence electrons. The van der Waals surface area contributed by atoms with E-state index in [0.717, 1.165) is 16.6 Å². The molecule has 1 rings (SSSR count). The molecule has 0 radical (unpaired) electrons. The number of rotatable bonds is 6. The fourth-order valence-electron chi connectivity index (χ4n) is 2.05. The molecule has 0 amide bonds. The summed E-state index contributed by atoms with van der Waals surface area (Å²) in [6, 6.07) is 5.26. The maximum atomic E-state index is 13.1. The van der Waals surface area contributed by atoms with Gasteiger partial charge in [0.05, 0.1) is 0 Å². The van der Waals surface area contributed by atoms with E-state index in [0.29, 0.717) is 18.5 Å². The molecule has 0 aliphatic rings. The SMILES string of the molecule is CC(C)C(CNCc1cc(F)ccc1Br)N(C)C. The number of hydrogen-bond donors (Lipinski definition) is 1. The lowest BCUT2D eigenvalue weighted by molar-refractivity contribution is 0.224. The van der Waals surface area contributed by atoms with Gasteiger partial charge in [-0.3, -0.25) is 0 Å². The van der Waals surface area contributed by atoms with Gasteiger partial charge in [-0.2, -0.15) is 0 Å². The van der Waals surface area contributed by atoms with Crippen LogP contribution in [-0.2, 0) is 6.54 Å². The van der Waals surface area contributed by atoms with Crippen LogP contribution < -0.4 is 5.32 Å². The van der Waals surface area contributed by atoms with Crippen LogP contribution in [0.1, 0.15) is 19.4 Å².